The SMILES string of the molecule is O=C(O)CCCCC(=O)OCCOCCOCCOCCOCCOCCOCCO. The van der Waals surface area contributed by atoms with Crippen molar-refractivity contribution in [2.75, 3.05) is 92.5 Å². The molecule has 0 atom stereocenters. The van der Waals surface area contributed by atoms with E-state index >= 15 is 0 Å². The van der Waals surface area contributed by atoms with Gasteiger partial charge in [-0.15, -0.1) is 0 Å². The summed E-state index contributed by atoms with van der Waals surface area (Å²) in [7, 11) is 0. The van der Waals surface area contributed by atoms with Gasteiger partial charge in [-0.3, -0.25) is 9.59 Å². The van der Waals surface area contributed by atoms with Crippen molar-refractivity contribution in [2.24, 2.45) is 0 Å². The molecule has 2 N–H and O–H groups in total. The van der Waals surface area contributed by atoms with E-state index in [1.54, 1.807) is 0 Å². The van der Waals surface area contributed by atoms with Gasteiger partial charge in [-0.2, -0.15) is 0 Å². The first-order chi connectivity index (χ1) is 15.2. The van der Waals surface area contributed by atoms with Crippen LogP contribution in [0.4, 0.5) is 0 Å². The number of rotatable bonds is 25. The van der Waals surface area contributed by atoms with Crippen LogP contribution in [0.3, 0.4) is 0 Å². The number of aliphatic carboxylic acids is 1. The van der Waals surface area contributed by atoms with E-state index in [0.29, 0.717) is 85.5 Å². The van der Waals surface area contributed by atoms with Crippen molar-refractivity contribution in [3.63, 3.8) is 0 Å². The zero-order valence-electron chi connectivity index (χ0n) is 18.3. The van der Waals surface area contributed by atoms with Crippen LogP contribution in [0.1, 0.15) is 25.7 Å². The fraction of sp³-hybridized carbons (Fsp3) is 0.900. The van der Waals surface area contributed by atoms with Crippen molar-refractivity contribution < 1.29 is 53.0 Å². The van der Waals surface area contributed by atoms with E-state index in [9.17, 15) is 9.59 Å². The zero-order chi connectivity index (χ0) is 22.8. The predicted octanol–water partition coefficient (Wildman–Crippen LogP) is 0.267. The number of hydrogen-bond donors (Lipinski definition) is 2. The van der Waals surface area contributed by atoms with Crippen LogP contribution in [-0.2, 0) is 42.7 Å². The Kier molecular flexibility index (Phi) is 23.8. The van der Waals surface area contributed by atoms with Crippen LogP contribution in [-0.4, -0.2) is 115 Å². The summed E-state index contributed by atoms with van der Waals surface area (Å²) in [6, 6.07) is 0. The van der Waals surface area contributed by atoms with Gasteiger partial charge in [0.15, 0.2) is 0 Å². The molecule has 0 saturated carbocycles. The number of unbranched alkanes of at least 4 members (excludes halogenated alkanes) is 1. The van der Waals surface area contributed by atoms with Gasteiger partial charge >= 0.3 is 11.9 Å². The van der Waals surface area contributed by atoms with E-state index < -0.39 is 5.97 Å². The first-order valence-corrected chi connectivity index (χ1v) is 10.6. The van der Waals surface area contributed by atoms with Gasteiger partial charge in [-0.25, -0.2) is 0 Å². The Balaban J connectivity index is 3.10. The maximum Gasteiger partial charge on any atom is 0.305 e. The molecule has 0 radical (unpaired) electrons. The summed E-state index contributed by atoms with van der Waals surface area (Å²) in [5.41, 5.74) is 0. The Morgan fingerprint density at radius 2 is 0.871 bits per heavy atom. The summed E-state index contributed by atoms with van der Waals surface area (Å²) in [6.45, 7) is 5.37. The largest absolute Gasteiger partial charge is 0.481 e. The third-order valence-corrected chi connectivity index (χ3v) is 3.61. The van der Waals surface area contributed by atoms with Gasteiger partial charge in [-0.05, 0) is 12.8 Å². The molecule has 0 rings (SSSR count). The van der Waals surface area contributed by atoms with Gasteiger partial charge in [0.2, 0.25) is 0 Å². The van der Waals surface area contributed by atoms with Gasteiger partial charge in [0.1, 0.15) is 6.61 Å². The highest BCUT2D eigenvalue weighted by Gasteiger charge is 2.04. The molecular weight excluding hydrogens is 416 g/mol. The fourth-order valence-corrected chi connectivity index (χ4v) is 2.10. The van der Waals surface area contributed by atoms with Crippen LogP contribution < -0.4 is 0 Å². The van der Waals surface area contributed by atoms with Gasteiger partial charge in [0, 0.05) is 12.8 Å². The monoisotopic (exact) mass is 454 g/mol. The summed E-state index contributed by atoms with van der Waals surface area (Å²) < 4.78 is 36.7. The smallest absolute Gasteiger partial charge is 0.305 e. The molecule has 0 amide bonds. The Morgan fingerprint density at radius 3 is 1.26 bits per heavy atom. The zero-order valence-corrected chi connectivity index (χ0v) is 18.3. The highest BCUT2D eigenvalue weighted by Crippen LogP contribution is 2.01. The minimum atomic E-state index is -0.861. The Labute approximate surface area is 183 Å². The van der Waals surface area contributed by atoms with Crippen molar-refractivity contribution in [1.29, 1.82) is 0 Å². The quantitative estimate of drug-likeness (QED) is 0.145. The van der Waals surface area contributed by atoms with Gasteiger partial charge in [0.25, 0.3) is 0 Å². The van der Waals surface area contributed by atoms with Crippen LogP contribution in [0.2, 0.25) is 0 Å². The summed E-state index contributed by atoms with van der Waals surface area (Å²) in [5, 5.41) is 17.0. The molecule has 0 aromatic heterocycles. The minimum Gasteiger partial charge on any atom is -0.481 e. The maximum absolute atomic E-state index is 11.4. The van der Waals surface area contributed by atoms with Crippen LogP contribution >= 0.6 is 0 Å². The highest BCUT2D eigenvalue weighted by atomic mass is 16.6. The number of carbonyl (C=O) groups excluding carboxylic acids is 1. The van der Waals surface area contributed by atoms with E-state index in [1.165, 1.54) is 0 Å². The second kappa shape index (κ2) is 24.9. The Bertz CT molecular complexity index is 407. The normalized spacial score (nSPS) is 11.0. The molecule has 11 nitrogen and oxygen atoms in total. The number of esters is 1. The second-order valence-corrected chi connectivity index (χ2v) is 6.22. The number of carboxylic acids is 1. The lowest BCUT2D eigenvalue weighted by Gasteiger charge is -2.08. The molecule has 11 heteroatoms. The highest BCUT2D eigenvalue weighted by molar-refractivity contribution is 5.69. The molecule has 0 spiro atoms. The van der Waals surface area contributed by atoms with Crippen LogP contribution in [0.25, 0.3) is 0 Å². The lowest BCUT2D eigenvalue weighted by atomic mass is 10.2. The number of carboxylic acid groups (broad SMARTS) is 1. The van der Waals surface area contributed by atoms with Crippen molar-refractivity contribution in [3.05, 3.63) is 0 Å². The Hall–Kier alpha value is -1.34. The number of hydrogen-bond acceptors (Lipinski definition) is 10. The van der Waals surface area contributed by atoms with Crippen LogP contribution in [0.15, 0.2) is 0 Å². The van der Waals surface area contributed by atoms with Crippen molar-refractivity contribution in [1.82, 2.24) is 0 Å². The predicted molar refractivity (Wildman–Crippen MR) is 109 cm³/mol. The molecule has 0 unspecified atom stereocenters. The van der Waals surface area contributed by atoms with Gasteiger partial charge < -0.3 is 43.4 Å². The average Bonchev–Trinajstić information content (AvgIpc) is 2.75. The van der Waals surface area contributed by atoms with E-state index in [1.807, 2.05) is 0 Å². The molecule has 0 saturated heterocycles. The summed E-state index contributed by atoms with van der Waals surface area (Å²) in [4.78, 5) is 21.7. The lowest BCUT2D eigenvalue weighted by Crippen LogP contribution is -2.15. The summed E-state index contributed by atoms with van der Waals surface area (Å²) in [6.07, 6.45) is 1.25. The van der Waals surface area contributed by atoms with Crippen molar-refractivity contribution in [3.8, 4) is 0 Å². The van der Waals surface area contributed by atoms with Crippen molar-refractivity contribution in [2.45, 2.75) is 25.7 Å². The molecule has 0 aromatic rings. The third-order valence-electron chi connectivity index (χ3n) is 3.61. The third kappa shape index (κ3) is 26.6. The molecule has 0 aliphatic heterocycles. The molecular formula is C20H38O11. The molecule has 184 valence electrons. The molecule has 0 aliphatic rings. The van der Waals surface area contributed by atoms with Gasteiger partial charge in [-0.1, -0.05) is 0 Å². The summed E-state index contributed by atoms with van der Waals surface area (Å²) >= 11 is 0. The molecule has 31 heavy (non-hydrogen) atoms. The first kappa shape index (κ1) is 29.7. The minimum absolute atomic E-state index is 0.0153. The molecule has 0 aromatic carbocycles. The lowest BCUT2D eigenvalue weighted by molar-refractivity contribution is -0.146. The number of aliphatic hydroxyl groups excluding tert-OH is 1. The molecule has 0 aliphatic carbocycles. The average molecular weight is 455 g/mol. The topological polar surface area (TPSA) is 139 Å². The number of carbonyl (C=O) groups is 2. The maximum atomic E-state index is 11.4. The Morgan fingerprint density at radius 1 is 0.516 bits per heavy atom. The van der Waals surface area contributed by atoms with E-state index in [4.69, 9.17) is 43.4 Å². The molecule has 0 heterocycles. The van der Waals surface area contributed by atoms with Crippen LogP contribution in [0.5, 0.6) is 0 Å². The fourth-order valence-electron chi connectivity index (χ4n) is 2.10. The molecule has 0 bridgehead atoms. The van der Waals surface area contributed by atoms with Crippen LogP contribution in [0, 0.1) is 0 Å². The molecule has 0 fully saturated rings. The van der Waals surface area contributed by atoms with Gasteiger partial charge in [0.05, 0.1) is 85.9 Å². The van der Waals surface area contributed by atoms with Crippen molar-refractivity contribution >= 4 is 11.9 Å². The number of aliphatic hydroxyl groups is 1. The summed E-state index contributed by atoms with van der Waals surface area (Å²) in [5.74, 6) is -1.21. The standard InChI is InChI=1S/C20H38O11/c21-5-6-25-7-8-26-9-10-27-11-12-28-13-14-29-15-16-30-17-18-31-20(24)4-2-1-3-19(22)23/h21H,1-18H2,(H,22,23). The van der Waals surface area contributed by atoms with E-state index in [0.717, 1.165) is 0 Å². The van der Waals surface area contributed by atoms with E-state index in [-0.39, 0.29) is 38.6 Å². The van der Waals surface area contributed by atoms with E-state index in [2.05, 4.69) is 0 Å². The first-order valence-electron chi connectivity index (χ1n) is 10.6. The second-order valence-electron chi connectivity index (χ2n) is 6.22. The number of ether oxygens (including phenoxy) is 7.